The first kappa shape index (κ1) is 13.9. The summed E-state index contributed by atoms with van der Waals surface area (Å²) in [5.41, 5.74) is 2.24. The molecular weight excluding hydrogens is 267 g/mol. The molecule has 1 fully saturated rings. The molecule has 0 amide bonds. The molecule has 1 aromatic heterocycles. The highest BCUT2D eigenvalue weighted by molar-refractivity contribution is 5.47. The van der Waals surface area contributed by atoms with Crippen molar-refractivity contribution < 1.29 is 4.39 Å². The normalized spacial score (nSPS) is 15.3. The number of anilines is 1. The zero-order chi connectivity index (χ0) is 14.8. The maximum atomic E-state index is 12.9. The van der Waals surface area contributed by atoms with E-state index in [4.69, 9.17) is 0 Å². The molecule has 0 atom stereocenters. The molecule has 0 unspecified atom stereocenters. The Morgan fingerprint density at radius 3 is 2.67 bits per heavy atom. The maximum Gasteiger partial charge on any atom is 0.134 e. The summed E-state index contributed by atoms with van der Waals surface area (Å²) in [7, 11) is 2.11. The van der Waals surface area contributed by atoms with E-state index in [2.05, 4.69) is 26.8 Å². The number of nitrogens with zero attached hydrogens (tertiary/aromatic N) is 4. The highest BCUT2D eigenvalue weighted by atomic mass is 19.1. The van der Waals surface area contributed by atoms with Crippen molar-refractivity contribution in [2.45, 2.75) is 19.5 Å². The Bertz CT molecular complexity index is 608. The zero-order valence-corrected chi connectivity index (χ0v) is 12.3. The molecule has 0 radical (unpaired) electrons. The summed E-state index contributed by atoms with van der Waals surface area (Å²) in [5.74, 6) is 0.840. The van der Waals surface area contributed by atoms with Crippen LogP contribution in [-0.4, -0.2) is 41.0 Å². The Balaban J connectivity index is 1.56. The van der Waals surface area contributed by atoms with Crippen LogP contribution >= 0.6 is 0 Å². The van der Waals surface area contributed by atoms with Crippen molar-refractivity contribution in [1.82, 2.24) is 14.9 Å². The summed E-state index contributed by atoms with van der Waals surface area (Å²) < 4.78 is 12.9. The van der Waals surface area contributed by atoms with E-state index in [1.165, 1.54) is 12.1 Å². The Hall–Kier alpha value is -2.01. The molecule has 110 valence electrons. The predicted molar refractivity (Wildman–Crippen MR) is 80.6 cm³/mol. The minimum atomic E-state index is -0.185. The first-order valence-corrected chi connectivity index (χ1v) is 7.09. The first-order chi connectivity index (χ1) is 10.1. The van der Waals surface area contributed by atoms with Gasteiger partial charge in [-0.25, -0.2) is 14.4 Å². The predicted octanol–water partition coefficient (Wildman–Crippen LogP) is 2.24. The minimum absolute atomic E-state index is 0.185. The van der Waals surface area contributed by atoms with Crippen molar-refractivity contribution in [1.29, 1.82) is 0 Å². The number of aromatic nitrogens is 2. The molecule has 21 heavy (non-hydrogen) atoms. The van der Waals surface area contributed by atoms with Gasteiger partial charge >= 0.3 is 0 Å². The van der Waals surface area contributed by atoms with Gasteiger partial charge in [0.2, 0.25) is 0 Å². The van der Waals surface area contributed by atoms with Crippen molar-refractivity contribution in [3.63, 3.8) is 0 Å². The second-order valence-corrected chi connectivity index (χ2v) is 5.63. The third-order valence-electron chi connectivity index (χ3n) is 4.00. The molecule has 3 rings (SSSR count). The number of hydrogen-bond donors (Lipinski definition) is 0. The number of halogens is 1. The van der Waals surface area contributed by atoms with Crippen LogP contribution in [0.5, 0.6) is 0 Å². The van der Waals surface area contributed by atoms with Gasteiger partial charge in [-0.1, -0.05) is 12.1 Å². The summed E-state index contributed by atoms with van der Waals surface area (Å²) in [6, 6.07) is 7.22. The second-order valence-electron chi connectivity index (χ2n) is 5.63. The second kappa shape index (κ2) is 5.77. The van der Waals surface area contributed by atoms with Crippen LogP contribution in [0.2, 0.25) is 0 Å². The van der Waals surface area contributed by atoms with Crippen LogP contribution < -0.4 is 4.90 Å². The molecule has 1 aliphatic rings. The van der Waals surface area contributed by atoms with E-state index in [9.17, 15) is 4.39 Å². The Labute approximate surface area is 124 Å². The smallest absolute Gasteiger partial charge is 0.134 e. The number of aryl methyl sites for hydroxylation is 1. The topological polar surface area (TPSA) is 32.3 Å². The van der Waals surface area contributed by atoms with E-state index in [1.807, 2.05) is 25.3 Å². The lowest BCUT2D eigenvalue weighted by Gasteiger charge is -2.45. The van der Waals surface area contributed by atoms with Gasteiger partial charge in [-0.3, -0.25) is 4.90 Å². The number of benzene rings is 1. The molecule has 0 N–H and O–H groups in total. The highest BCUT2D eigenvalue weighted by Crippen LogP contribution is 2.24. The van der Waals surface area contributed by atoms with Crippen LogP contribution in [0.4, 0.5) is 10.2 Å². The standard InChI is InChI=1S/C16H19FN4/c1-12-7-18-11-19-16(12)21-9-15(10-21)20(2)8-13-3-5-14(17)6-4-13/h3-7,11,15H,8-10H2,1-2H3. The molecule has 0 saturated carbocycles. The molecule has 5 heteroatoms. The molecule has 0 aliphatic carbocycles. The lowest BCUT2D eigenvalue weighted by Crippen LogP contribution is -2.58. The summed E-state index contributed by atoms with van der Waals surface area (Å²) >= 11 is 0. The van der Waals surface area contributed by atoms with E-state index < -0.39 is 0 Å². The van der Waals surface area contributed by atoms with E-state index in [-0.39, 0.29) is 5.82 Å². The van der Waals surface area contributed by atoms with Gasteiger partial charge in [-0.15, -0.1) is 0 Å². The van der Waals surface area contributed by atoms with Crippen molar-refractivity contribution in [2.24, 2.45) is 0 Å². The minimum Gasteiger partial charge on any atom is -0.353 e. The Morgan fingerprint density at radius 1 is 1.29 bits per heavy atom. The van der Waals surface area contributed by atoms with E-state index in [0.717, 1.165) is 36.6 Å². The van der Waals surface area contributed by atoms with Crippen LogP contribution in [0, 0.1) is 12.7 Å². The van der Waals surface area contributed by atoms with Crippen LogP contribution in [0.3, 0.4) is 0 Å². The quantitative estimate of drug-likeness (QED) is 0.863. The largest absolute Gasteiger partial charge is 0.353 e. The average Bonchev–Trinajstić information content (AvgIpc) is 2.42. The molecule has 1 saturated heterocycles. The van der Waals surface area contributed by atoms with Crippen molar-refractivity contribution in [3.05, 3.63) is 53.7 Å². The number of likely N-dealkylation sites (N-methyl/N-ethyl adjacent to an activating group) is 1. The summed E-state index contributed by atoms with van der Waals surface area (Å²) in [4.78, 5) is 12.9. The number of hydrogen-bond acceptors (Lipinski definition) is 4. The van der Waals surface area contributed by atoms with Gasteiger partial charge in [0.15, 0.2) is 0 Å². The third-order valence-corrected chi connectivity index (χ3v) is 4.00. The van der Waals surface area contributed by atoms with Crippen molar-refractivity contribution in [2.75, 3.05) is 25.0 Å². The fourth-order valence-corrected chi connectivity index (χ4v) is 2.64. The van der Waals surface area contributed by atoms with Gasteiger partial charge in [0.25, 0.3) is 0 Å². The summed E-state index contributed by atoms with van der Waals surface area (Å²) in [6.45, 7) is 4.80. The molecule has 0 bridgehead atoms. The van der Waals surface area contributed by atoms with Gasteiger partial charge in [-0.05, 0) is 31.7 Å². The third kappa shape index (κ3) is 3.03. The van der Waals surface area contributed by atoms with E-state index >= 15 is 0 Å². The summed E-state index contributed by atoms with van der Waals surface area (Å²) in [6.07, 6.45) is 3.44. The van der Waals surface area contributed by atoms with Crippen molar-refractivity contribution >= 4 is 5.82 Å². The first-order valence-electron chi connectivity index (χ1n) is 7.09. The molecule has 4 nitrogen and oxygen atoms in total. The Kier molecular flexibility index (Phi) is 3.84. The Morgan fingerprint density at radius 2 is 2.00 bits per heavy atom. The lowest BCUT2D eigenvalue weighted by atomic mass is 10.1. The molecule has 1 aliphatic heterocycles. The van der Waals surface area contributed by atoms with Crippen molar-refractivity contribution in [3.8, 4) is 0 Å². The van der Waals surface area contributed by atoms with E-state index in [0.29, 0.717) is 6.04 Å². The van der Waals surface area contributed by atoms with Crippen LogP contribution in [-0.2, 0) is 6.54 Å². The van der Waals surface area contributed by atoms with Gasteiger partial charge in [0.1, 0.15) is 18.0 Å². The van der Waals surface area contributed by atoms with Crippen LogP contribution in [0.15, 0.2) is 36.8 Å². The molecule has 1 aromatic carbocycles. The van der Waals surface area contributed by atoms with Gasteiger partial charge < -0.3 is 4.90 Å². The molecule has 2 aromatic rings. The SMILES string of the molecule is Cc1cncnc1N1CC(N(C)Cc2ccc(F)cc2)C1. The van der Waals surface area contributed by atoms with Gasteiger partial charge in [-0.2, -0.15) is 0 Å². The fourth-order valence-electron chi connectivity index (χ4n) is 2.64. The number of rotatable bonds is 4. The van der Waals surface area contributed by atoms with Crippen LogP contribution in [0.1, 0.15) is 11.1 Å². The molecule has 2 heterocycles. The van der Waals surface area contributed by atoms with Gasteiger partial charge in [0.05, 0.1) is 0 Å². The zero-order valence-electron chi connectivity index (χ0n) is 12.3. The van der Waals surface area contributed by atoms with E-state index in [1.54, 1.807) is 6.33 Å². The monoisotopic (exact) mass is 286 g/mol. The van der Waals surface area contributed by atoms with Gasteiger partial charge in [0, 0.05) is 37.4 Å². The maximum absolute atomic E-state index is 12.9. The highest BCUT2D eigenvalue weighted by Gasteiger charge is 2.31. The summed E-state index contributed by atoms with van der Waals surface area (Å²) in [5, 5.41) is 0. The van der Waals surface area contributed by atoms with Crippen LogP contribution in [0.25, 0.3) is 0 Å². The average molecular weight is 286 g/mol. The molecule has 0 spiro atoms. The molecular formula is C16H19FN4. The lowest BCUT2D eigenvalue weighted by molar-refractivity contribution is 0.196. The fraction of sp³-hybridized carbons (Fsp3) is 0.375.